The summed E-state index contributed by atoms with van der Waals surface area (Å²) in [6, 6.07) is 17.2. The van der Waals surface area contributed by atoms with Crippen LogP contribution in [0.15, 0.2) is 71.7 Å². The average Bonchev–Trinajstić information content (AvgIpc) is 2.55. The van der Waals surface area contributed by atoms with Gasteiger partial charge in [-0.05, 0) is 47.5 Å². The van der Waals surface area contributed by atoms with Crippen molar-refractivity contribution >= 4 is 16.6 Å². The predicted octanol–water partition coefficient (Wildman–Crippen LogP) is 3.65. The summed E-state index contributed by atoms with van der Waals surface area (Å²) >= 11 is 0. The molecule has 4 aromatic rings. The first kappa shape index (κ1) is 12.7. The van der Waals surface area contributed by atoms with Crippen molar-refractivity contribution in [1.82, 2.24) is 9.38 Å². The fourth-order valence-electron chi connectivity index (χ4n) is 2.58. The van der Waals surface area contributed by atoms with Gasteiger partial charge in [-0.2, -0.15) is 0 Å². The molecule has 3 nitrogen and oxygen atoms in total. The van der Waals surface area contributed by atoms with E-state index in [1.165, 1.54) is 16.5 Å². The molecule has 0 radical (unpaired) electrons. The van der Waals surface area contributed by atoms with Gasteiger partial charge in [0.1, 0.15) is 11.5 Å². The van der Waals surface area contributed by atoms with Crippen molar-refractivity contribution in [3.8, 4) is 11.1 Å². The lowest BCUT2D eigenvalue weighted by Crippen LogP contribution is -2.14. The number of hydrogen-bond donors (Lipinski definition) is 0. The molecule has 0 aliphatic carbocycles. The molecule has 0 saturated heterocycles. The summed E-state index contributed by atoms with van der Waals surface area (Å²) in [6.45, 7) is 0. The highest BCUT2D eigenvalue weighted by molar-refractivity contribution is 5.85. The van der Waals surface area contributed by atoms with Crippen LogP contribution in [0.4, 0.5) is 4.39 Å². The maximum atomic E-state index is 13.0. The van der Waals surface area contributed by atoms with Crippen molar-refractivity contribution in [1.29, 1.82) is 0 Å². The highest BCUT2D eigenvalue weighted by Crippen LogP contribution is 2.22. The van der Waals surface area contributed by atoms with Crippen LogP contribution in [0.2, 0.25) is 0 Å². The highest BCUT2D eigenvalue weighted by atomic mass is 19.1. The van der Waals surface area contributed by atoms with Crippen molar-refractivity contribution in [2.45, 2.75) is 0 Å². The van der Waals surface area contributed by atoms with Crippen LogP contribution in [0.1, 0.15) is 0 Å². The second-order valence-electron chi connectivity index (χ2n) is 5.08. The molecule has 0 amide bonds. The number of halogens is 1. The van der Waals surface area contributed by atoms with Gasteiger partial charge in [0.15, 0.2) is 0 Å². The van der Waals surface area contributed by atoms with Crippen LogP contribution in [-0.2, 0) is 0 Å². The van der Waals surface area contributed by atoms with Crippen LogP contribution in [-0.4, -0.2) is 9.38 Å². The van der Waals surface area contributed by atoms with Gasteiger partial charge >= 0.3 is 0 Å². The van der Waals surface area contributed by atoms with Gasteiger partial charge in [0.2, 0.25) is 0 Å². The average molecular weight is 290 g/mol. The van der Waals surface area contributed by atoms with E-state index in [1.807, 2.05) is 18.2 Å². The van der Waals surface area contributed by atoms with E-state index in [4.69, 9.17) is 0 Å². The predicted molar refractivity (Wildman–Crippen MR) is 84.4 cm³/mol. The van der Waals surface area contributed by atoms with Crippen LogP contribution in [0.5, 0.6) is 0 Å². The Morgan fingerprint density at radius 1 is 0.909 bits per heavy atom. The van der Waals surface area contributed by atoms with E-state index in [0.29, 0.717) is 16.6 Å². The molecule has 4 rings (SSSR count). The van der Waals surface area contributed by atoms with Crippen molar-refractivity contribution in [2.75, 3.05) is 0 Å². The number of fused-ring (bicyclic) bond motifs is 2. The lowest BCUT2D eigenvalue weighted by Gasteiger charge is -2.06. The first-order chi connectivity index (χ1) is 10.7. The molecule has 0 bridgehead atoms. The van der Waals surface area contributed by atoms with E-state index >= 15 is 0 Å². The molecule has 0 N–H and O–H groups in total. The molecular formula is C18H11FN2O. The Kier molecular flexibility index (Phi) is 2.76. The normalized spacial score (nSPS) is 11.1. The fourth-order valence-corrected chi connectivity index (χ4v) is 2.58. The number of rotatable bonds is 1. The summed E-state index contributed by atoms with van der Waals surface area (Å²) < 4.78 is 14.6. The third-order valence-electron chi connectivity index (χ3n) is 3.70. The molecule has 0 saturated carbocycles. The maximum absolute atomic E-state index is 13.0. The molecule has 2 heterocycles. The Labute approximate surface area is 125 Å². The molecular weight excluding hydrogens is 279 g/mol. The van der Waals surface area contributed by atoms with E-state index in [0.717, 1.165) is 11.1 Å². The topological polar surface area (TPSA) is 34.4 Å². The second-order valence-corrected chi connectivity index (χ2v) is 5.08. The van der Waals surface area contributed by atoms with E-state index < -0.39 is 0 Å². The molecule has 0 fully saturated rings. The summed E-state index contributed by atoms with van der Waals surface area (Å²) in [4.78, 5) is 17.0. The number of nitrogens with zero attached hydrogens (tertiary/aromatic N) is 2. The van der Waals surface area contributed by atoms with E-state index in [2.05, 4.69) is 4.98 Å². The summed E-state index contributed by atoms with van der Waals surface area (Å²) in [5, 5.41) is 0.564. The third kappa shape index (κ3) is 1.97. The Hall–Kier alpha value is -3.01. The van der Waals surface area contributed by atoms with E-state index in [-0.39, 0.29) is 11.4 Å². The van der Waals surface area contributed by atoms with Gasteiger partial charge < -0.3 is 0 Å². The maximum Gasteiger partial charge on any atom is 0.265 e. The Balaban J connectivity index is 1.99. The lowest BCUT2D eigenvalue weighted by molar-refractivity contribution is 0.628. The first-order valence-electron chi connectivity index (χ1n) is 6.89. The molecule has 2 aromatic heterocycles. The Morgan fingerprint density at radius 3 is 2.50 bits per heavy atom. The van der Waals surface area contributed by atoms with Crippen molar-refractivity contribution in [2.24, 2.45) is 0 Å². The molecule has 2 aromatic carbocycles. The summed E-state index contributed by atoms with van der Waals surface area (Å²) in [6.07, 6.45) is 1.71. The molecule has 0 aliphatic rings. The van der Waals surface area contributed by atoms with E-state index in [1.54, 1.807) is 36.5 Å². The molecule has 0 atom stereocenters. The monoisotopic (exact) mass is 290 g/mol. The van der Waals surface area contributed by atoms with Crippen LogP contribution < -0.4 is 5.56 Å². The van der Waals surface area contributed by atoms with Crippen LogP contribution >= 0.6 is 0 Å². The first-order valence-corrected chi connectivity index (χ1v) is 6.89. The fraction of sp³-hybridized carbons (Fsp3) is 0. The zero-order valence-corrected chi connectivity index (χ0v) is 11.5. The van der Waals surface area contributed by atoms with Crippen molar-refractivity contribution < 1.29 is 4.39 Å². The molecule has 0 aliphatic heterocycles. The molecule has 0 spiro atoms. The van der Waals surface area contributed by atoms with Crippen LogP contribution in [0.3, 0.4) is 0 Å². The SMILES string of the molecule is O=c1c2ccc(-c3ccc(F)cc3)cc2nc2ccccn12. The molecule has 4 heteroatoms. The quantitative estimate of drug-likeness (QED) is 0.501. The summed E-state index contributed by atoms with van der Waals surface area (Å²) in [5.74, 6) is -0.271. The van der Waals surface area contributed by atoms with Gasteiger partial charge in [-0.3, -0.25) is 9.20 Å². The molecule has 0 unspecified atom stereocenters. The zero-order chi connectivity index (χ0) is 15.1. The summed E-state index contributed by atoms with van der Waals surface area (Å²) in [7, 11) is 0. The second kappa shape index (κ2) is 4.77. The van der Waals surface area contributed by atoms with Gasteiger partial charge in [0, 0.05) is 6.20 Å². The Bertz CT molecular complexity index is 1050. The van der Waals surface area contributed by atoms with Gasteiger partial charge in [0.05, 0.1) is 10.9 Å². The van der Waals surface area contributed by atoms with Gasteiger partial charge in [0.25, 0.3) is 5.56 Å². The number of pyridine rings is 1. The Morgan fingerprint density at radius 2 is 1.68 bits per heavy atom. The van der Waals surface area contributed by atoms with Crippen LogP contribution in [0, 0.1) is 5.82 Å². The largest absolute Gasteiger partial charge is 0.268 e. The summed E-state index contributed by atoms with van der Waals surface area (Å²) in [5.41, 5.74) is 2.94. The number of aromatic nitrogens is 2. The smallest absolute Gasteiger partial charge is 0.265 e. The lowest BCUT2D eigenvalue weighted by atomic mass is 10.0. The van der Waals surface area contributed by atoms with Crippen molar-refractivity contribution in [3.05, 3.63) is 83.0 Å². The van der Waals surface area contributed by atoms with Gasteiger partial charge in [-0.1, -0.05) is 24.3 Å². The van der Waals surface area contributed by atoms with Crippen LogP contribution in [0.25, 0.3) is 27.7 Å². The van der Waals surface area contributed by atoms with Gasteiger partial charge in [-0.25, -0.2) is 9.37 Å². The third-order valence-corrected chi connectivity index (χ3v) is 3.70. The number of benzene rings is 2. The molecule has 22 heavy (non-hydrogen) atoms. The molecule has 106 valence electrons. The highest BCUT2D eigenvalue weighted by Gasteiger charge is 2.07. The van der Waals surface area contributed by atoms with E-state index in [9.17, 15) is 9.18 Å². The standard InChI is InChI=1S/C18H11FN2O/c19-14-7-4-12(5-8-14)13-6-9-15-16(11-13)20-17-3-1-2-10-21(17)18(15)22/h1-11H. The minimum absolute atomic E-state index is 0.0914. The minimum atomic E-state index is -0.271. The van der Waals surface area contributed by atoms with Gasteiger partial charge in [-0.15, -0.1) is 0 Å². The minimum Gasteiger partial charge on any atom is -0.268 e. The zero-order valence-electron chi connectivity index (χ0n) is 11.5. The number of hydrogen-bond acceptors (Lipinski definition) is 2. The van der Waals surface area contributed by atoms with Crippen molar-refractivity contribution in [3.63, 3.8) is 0 Å².